The van der Waals surface area contributed by atoms with Crippen molar-refractivity contribution in [3.8, 4) is 0 Å². The Hall–Kier alpha value is -2.49. The Bertz CT molecular complexity index is 582. The molecule has 0 aromatic carbocycles. The smallest absolute Gasteiger partial charge is 0.229 e. The molecule has 102 valence electrons. The minimum absolute atomic E-state index is 0.0816. The second-order valence-corrected chi connectivity index (χ2v) is 4.53. The second-order valence-electron chi connectivity index (χ2n) is 4.53. The SMILES string of the molecule is C=CC(=N)c1ccc(NC(=O)CC2=CCCC=C2)nc1. The van der Waals surface area contributed by atoms with E-state index in [1.54, 1.807) is 18.3 Å². The molecule has 1 aromatic heterocycles. The zero-order chi connectivity index (χ0) is 14.4. The van der Waals surface area contributed by atoms with Gasteiger partial charge in [-0.25, -0.2) is 4.98 Å². The van der Waals surface area contributed by atoms with E-state index in [4.69, 9.17) is 5.41 Å². The Labute approximate surface area is 118 Å². The van der Waals surface area contributed by atoms with Crippen molar-refractivity contribution in [2.24, 2.45) is 0 Å². The van der Waals surface area contributed by atoms with Crippen molar-refractivity contribution in [3.05, 3.63) is 60.3 Å². The molecule has 0 spiro atoms. The lowest BCUT2D eigenvalue weighted by molar-refractivity contribution is -0.115. The maximum Gasteiger partial charge on any atom is 0.229 e. The number of hydrogen-bond donors (Lipinski definition) is 2. The molecule has 1 aliphatic rings. The van der Waals surface area contributed by atoms with E-state index in [9.17, 15) is 4.79 Å². The molecule has 0 radical (unpaired) electrons. The Morgan fingerprint density at radius 3 is 2.90 bits per heavy atom. The molecular weight excluding hydrogens is 250 g/mol. The largest absolute Gasteiger partial charge is 0.310 e. The lowest BCUT2D eigenvalue weighted by Crippen LogP contribution is -2.13. The minimum Gasteiger partial charge on any atom is -0.310 e. The van der Waals surface area contributed by atoms with Crippen LogP contribution in [0, 0.1) is 5.41 Å². The fourth-order valence-corrected chi connectivity index (χ4v) is 1.92. The Kier molecular flexibility index (Phi) is 4.60. The van der Waals surface area contributed by atoms with Gasteiger partial charge in [0.1, 0.15) is 5.82 Å². The molecule has 20 heavy (non-hydrogen) atoms. The summed E-state index contributed by atoms with van der Waals surface area (Å²) >= 11 is 0. The molecule has 1 aliphatic carbocycles. The van der Waals surface area contributed by atoms with Crippen molar-refractivity contribution in [2.75, 3.05) is 5.32 Å². The number of nitrogens with one attached hydrogen (secondary N) is 2. The van der Waals surface area contributed by atoms with E-state index in [0.717, 1.165) is 18.4 Å². The molecule has 0 saturated carbocycles. The maximum absolute atomic E-state index is 11.9. The van der Waals surface area contributed by atoms with Crippen LogP contribution in [0.4, 0.5) is 5.82 Å². The van der Waals surface area contributed by atoms with Crippen molar-refractivity contribution in [2.45, 2.75) is 19.3 Å². The van der Waals surface area contributed by atoms with Crippen LogP contribution in [-0.4, -0.2) is 16.6 Å². The fourth-order valence-electron chi connectivity index (χ4n) is 1.92. The topological polar surface area (TPSA) is 65.8 Å². The molecule has 1 amide bonds. The highest BCUT2D eigenvalue weighted by Crippen LogP contribution is 2.14. The molecule has 2 N–H and O–H groups in total. The van der Waals surface area contributed by atoms with Crippen LogP contribution in [0.15, 0.2) is 54.8 Å². The first-order valence-electron chi connectivity index (χ1n) is 6.52. The van der Waals surface area contributed by atoms with Crippen molar-refractivity contribution in [1.82, 2.24) is 4.98 Å². The Morgan fingerprint density at radius 1 is 1.45 bits per heavy atom. The highest BCUT2D eigenvalue weighted by atomic mass is 16.1. The summed E-state index contributed by atoms with van der Waals surface area (Å²) in [6, 6.07) is 3.43. The molecule has 0 aliphatic heterocycles. The molecule has 0 atom stereocenters. The van der Waals surface area contributed by atoms with E-state index in [0.29, 0.717) is 23.5 Å². The van der Waals surface area contributed by atoms with Crippen molar-refractivity contribution < 1.29 is 4.79 Å². The van der Waals surface area contributed by atoms with E-state index in [1.807, 2.05) is 6.08 Å². The molecule has 0 saturated heterocycles. The summed E-state index contributed by atoms with van der Waals surface area (Å²) in [6.07, 6.45) is 11.6. The maximum atomic E-state index is 11.9. The van der Waals surface area contributed by atoms with Crippen molar-refractivity contribution in [3.63, 3.8) is 0 Å². The van der Waals surface area contributed by atoms with Gasteiger partial charge in [-0.2, -0.15) is 0 Å². The van der Waals surface area contributed by atoms with E-state index in [2.05, 4.69) is 29.0 Å². The highest BCUT2D eigenvalue weighted by molar-refractivity contribution is 6.06. The zero-order valence-corrected chi connectivity index (χ0v) is 11.2. The second kappa shape index (κ2) is 6.61. The number of rotatable bonds is 5. The predicted molar refractivity (Wildman–Crippen MR) is 81.0 cm³/mol. The van der Waals surface area contributed by atoms with Gasteiger partial charge in [0.05, 0.1) is 12.1 Å². The van der Waals surface area contributed by atoms with Gasteiger partial charge >= 0.3 is 0 Å². The van der Waals surface area contributed by atoms with Gasteiger partial charge in [0.2, 0.25) is 5.91 Å². The van der Waals surface area contributed by atoms with Gasteiger partial charge in [0.15, 0.2) is 0 Å². The summed E-state index contributed by atoms with van der Waals surface area (Å²) in [5, 5.41) is 10.4. The molecule has 0 unspecified atom stereocenters. The number of nitrogens with zero attached hydrogens (tertiary/aromatic N) is 1. The van der Waals surface area contributed by atoms with Crippen LogP contribution in [0.5, 0.6) is 0 Å². The van der Waals surface area contributed by atoms with Gasteiger partial charge in [-0.15, -0.1) is 0 Å². The van der Waals surface area contributed by atoms with E-state index in [1.165, 1.54) is 6.08 Å². The summed E-state index contributed by atoms with van der Waals surface area (Å²) in [4.78, 5) is 16.0. The quantitative estimate of drug-likeness (QED) is 0.804. The third kappa shape index (κ3) is 3.75. The molecule has 4 nitrogen and oxygen atoms in total. The molecule has 1 aromatic rings. The normalized spacial score (nSPS) is 13.5. The molecule has 0 fully saturated rings. The fraction of sp³-hybridized carbons (Fsp3) is 0.188. The average Bonchev–Trinajstić information content (AvgIpc) is 2.48. The summed E-state index contributed by atoms with van der Waals surface area (Å²) in [5.74, 6) is 0.415. The van der Waals surface area contributed by atoms with Crippen LogP contribution < -0.4 is 5.32 Å². The van der Waals surface area contributed by atoms with Crippen LogP contribution in [0.1, 0.15) is 24.8 Å². The van der Waals surface area contributed by atoms with Crippen LogP contribution >= 0.6 is 0 Å². The number of aromatic nitrogens is 1. The Balaban J connectivity index is 1.94. The van der Waals surface area contributed by atoms with E-state index < -0.39 is 0 Å². The first-order valence-corrected chi connectivity index (χ1v) is 6.52. The van der Waals surface area contributed by atoms with Crippen molar-refractivity contribution in [1.29, 1.82) is 5.41 Å². The molecule has 0 bridgehead atoms. The van der Waals surface area contributed by atoms with Crippen molar-refractivity contribution >= 4 is 17.4 Å². The van der Waals surface area contributed by atoms with Gasteiger partial charge < -0.3 is 10.7 Å². The summed E-state index contributed by atoms with van der Waals surface area (Å²) in [5.41, 5.74) is 2.03. The Morgan fingerprint density at radius 2 is 2.30 bits per heavy atom. The third-order valence-corrected chi connectivity index (χ3v) is 2.98. The zero-order valence-electron chi connectivity index (χ0n) is 11.2. The summed E-state index contributed by atoms with van der Waals surface area (Å²) < 4.78 is 0. The van der Waals surface area contributed by atoms with Gasteiger partial charge in [-0.1, -0.05) is 24.8 Å². The molecule has 1 heterocycles. The molecule has 4 heteroatoms. The number of allylic oxidation sites excluding steroid dienone is 4. The van der Waals surface area contributed by atoms with Crippen LogP contribution in [0.2, 0.25) is 0 Å². The minimum atomic E-state index is -0.0816. The van der Waals surface area contributed by atoms with Crippen LogP contribution in [0.25, 0.3) is 0 Å². The number of carbonyl (C=O) groups excluding carboxylic acids is 1. The highest BCUT2D eigenvalue weighted by Gasteiger charge is 2.07. The van der Waals surface area contributed by atoms with Gasteiger partial charge in [-0.3, -0.25) is 4.79 Å². The monoisotopic (exact) mass is 267 g/mol. The van der Waals surface area contributed by atoms with Gasteiger partial charge in [-0.05, 0) is 36.6 Å². The van der Waals surface area contributed by atoms with Gasteiger partial charge in [0, 0.05) is 11.8 Å². The number of hydrogen-bond acceptors (Lipinski definition) is 3. The molecular formula is C16H17N3O. The molecule has 2 rings (SSSR count). The number of anilines is 1. The lowest BCUT2D eigenvalue weighted by Gasteiger charge is -2.08. The van der Waals surface area contributed by atoms with Crippen LogP contribution in [0.3, 0.4) is 0 Å². The third-order valence-electron chi connectivity index (χ3n) is 2.98. The first kappa shape index (κ1) is 13.9. The average molecular weight is 267 g/mol. The first-order chi connectivity index (χ1) is 9.69. The van der Waals surface area contributed by atoms with E-state index >= 15 is 0 Å². The number of amides is 1. The number of pyridine rings is 1. The van der Waals surface area contributed by atoms with Crippen LogP contribution in [-0.2, 0) is 4.79 Å². The predicted octanol–water partition coefficient (Wildman–Crippen LogP) is 3.24. The lowest BCUT2D eigenvalue weighted by atomic mass is 10.0. The standard InChI is InChI=1S/C16H17N3O/c1-2-14(17)13-8-9-15(18-11-13)19-16(20)10-12-6-4-3-5-7-12/h2,4,6-9,11,17H,1,3,5,10H2,(H,18,19,20). The summed E-state index contributed by atoms with van der Waals surface area (Å²) in [7, 11) is 0. The summed E-state index contributed by atoms with van der Waals surface area (Å²) in [6.45, 7) is 3.54. The number of carbonyl (C=O) groups is 1. The van der Waals surface area contributed by atoms with E-state index in [-0.39, 0.29) is 5.91 Å². The van der Waals surface area contributed by atoms with Gasteiger partial charge in [0.25, 0.3) is 0 Å².